The highest BCUT2D eigenvalue weighted by Crippen LogP contribution is 2.10. The van der Waals surface area contributed by atoms with E-state index in [1.54, 1.807) is 0 Å². The molecule has 68 valence electrons. The third-order valence-corrected chi connectivity index (χ3v) is 1.79. The van der Waals surface area contributed by atoms with Crippen LogP contribution in [0.4, 0.5) is 0 Å². The quantitative estimate of drug-likeness (QED) is 0.710. The van der Waals surface area contributed by atoms with Crippen molar-refractivity contribution in [2.45, 2.75) is 26.8 Å². The fourth-order valence-electron chi connectivity index (χ4n) is 1.28. The summed E-state index contributed by atoms with van der Waals surface area (Å²) in [7, 11) is 1.94. The Labute approximate surface area is 73.6 Å². The van der Waals surface area contributed by atoms with E-state index in [-0.39, 0.29) is 0 Å². The largest absolute Gasteiger partial charge is 0.314 e. The number of hydrogen-bond donors (Lipinski definition) is 2. The number of hydrogen-bond acceptors (Lipinski definition) is 2. The molecule has 0 bridgehead atoms. The highest BCUT2D eigenvalue weighted by Gasteiger charge is 2.05. The topological polar surface area (TPSA) is 40.7 Å². The molecule has 12 heavy (non-hydrogen) atoms. The van der Waals surface area contributed by atoms with Crippen molar-refractivity contribution in [1.29, 1.82) is 0 Å². The molecule has 0 saturated carbocycles. The van der Waals surface area contributed by atoms with Crippen LogP contribution in [0, 0.1) is 5.92 Å². The molecule has 0 fully saturated rings. The molecule has 3 nitrogen and oxygen atoms in total. The van der Waals surface area contributed by atoms with Crippen LogP contribution in [0.5, 0.6) is 0 Å². The fraction of sp³-hybridized carbons (Fsp3) is 0.667. The van der Waals surface area contributed by atoms with E-state index >= 15 is 0 Å². The minimum atomic E-state index is 0.693. The summed E-state index contributed by atoms with van der Waals surface area (Å²) in [4.78, 5) is 0. The third-order valence-electron chi connectivity index (χ3n) is 1.79. The normalized spacial score (nSPS) is 11.0. The van der Waals surface area contributed by atoms with Gasteiger partial charge in [0.15, 0.2) is 0 Å². The lowest BCUT2D eigenvalue weighted by Crippen LogP contribution is -2.08. The molecule has 0 unspecified atom stereocenters. The number of nitrogens with one attached hydrogen (secondary N) is 2. The van der Waals surface area contributed by atoms with Crippen molar-refractivity contribution >= 4 is 0 Å². The molecule has 0 aliphatic rings. The van der Waals surface area contributed by atoms with Crippen LogP contribution in [0.1, 0.15) is 25.1 Å². The molecule has 0 atom stereocenters. The molecule has 0 aliphatic heterocycles. The summed E-state index contributed by atoms with van der Waals surface area (Å²) in [6.45, 7) is 5.31. The molecule has 0 amide bonds. The average molecular weight is 167 g/mol. The first-order chi connectivity index (χ1) is 5.74. The molecule has 0 aromatic carbocycles. The number of nitrogens with zero attached hydrogens (tertiary/aromatic N) is 1. The van der Waals surface area contributed by atoms with Crippen LogP contribution in [0.25, 0.3) is 0 Å². The van der Waals surface area contributed by atoms with Gasteiger partial charge in [0.05, 0.1) is 11.9 Å². The first-order valence-corrected chi connectivity index (χ1v) is 4.39. The molecule has 0 spiro atoms. The van der Waals surface area contributed by atoms with Crippen molar-refractivity contribution in [3.8, 4) is 0 Å². The van der Waals surface area contributed by atoms with Crippen LogP contribution < -0.4 is 5.32 Å². The Balaban J connectivity index is 2.63. The van der Waals surface area contributed by atoms with Crippen LogP contribution >= 0.6 is 0 Å². The van der Waals surface area contributed by atoms with E-state index in [1.165, 1.54) is 11.3 Å². The molecule has 1 heterocycles. The zero-order valence-electron chi connectivity index (χ0n) is 8.02. The van der Waals surface area contributed by atoms with Gasteiger partial charge in [0.25, 0.3) is 0 Å². The van der Waals surface area contributed by atoms with Gasteiger partial charge >= 0.3 is 0 Å². The summed E-state index contributed by atoms with van der Waals surface area (Å²) >= 11 is 0. The van der Waals surface area contributed by atoms with Gasteiger partial charge in [0.1, 0.15) is 0 Å². The molecular weight excluding hydrogens is 150 g/mol. The van der Waals surface area contributed by atoms with E-state index in [0.29, 0.717) is 5.92 Å². The summed E-state index contributed by atoms with van der Waals surface area (Å²) in [6, 6.07) is 0. The molecule has 1 aromatic rings. The van der Waals surface area contributed by atoms with E-state index in [0.717, 1.165) is 13.0 Å². The number of rotatable bonds is 4. The Hall–Kier alpha value is -0.830. The molecule has 0 radical (unpaired) electrons. The fourth-order valence-corrected chi connectivity index (χ4v) is 1.28. The number of aromatic amines is 1. The maximum Gasteiger partial charge on any atom is 0.0522 e. The highest BCUT2D eigenvalue weighted by atomic mass is 15.1. The van der Waals surface area contributed by atoms with Crippen LogP contribution in [-0.2, 0) is 13.0 Å². The van der Waals surface area contributed by atoms with Crippen molar-refractivity contribution in [2.24, 2.45) is 5.92 Å². The predicted octanol–water partition coefficient (Wildman–Crippen LogP) is 1.33. The zero-order chi connectivity index (χ0) is 8.97. The SMILES string of the molecule is CNCc1[nH]ncc1CC(C)C. The van der Waals surface area contributed by atoms with Gasteiger partial charge in [-0.2, -0.15) is 5.10 Å². The van der Waals surface area contributed by atoms with Gasteiger partial charge in [-0.3, -0.25) is 5.10 Å². The van der Waals surface area contributed by atoms with Crippen molar-refractivity contribution in [1.82, 2.24) is 15.5 Å². The Bertz CT molecular complexity index is 227. The Morgan fingerprint density at radius 1 is 1.58 bits per heavy atom. The first kappa shape index (κ1) is 9.26. The Kier molecular flexibility index (Phi) is 3.29. The standard InChI is InChI=1S/C9H17N3/c1-7(2)4-8-5-11-12-9(8)6-10-3/h5,7,10H,4,6H2,1-3H3,(H,11,12). The van der Waals surface area contributed by atoms with Crippen LogP contribution in [0.3, 0.4) is 0 Å². The maximum atomic E-state index is 4.03. The maximum absolute atomic E-state index is 4.03. The Morgan fingerprint density at radius 3 is 2.92 bits per heavy atom. The van der Waals surface area contributed by atoms with E-state index in [1.807, 2.05) is 13.2 Å². The van der Waals surface area contributed by atoms with Crippen LogP contribution in [0.2, 0.25) is 0 Å². The lowest BCUT2D eigenvalue weighted by atomic mass is 10.0. The van der Waals surface area contributed by atoms with Gasteiger partial charge < -0.3 is 5.32 Å². The highest BCUT2D eigenvalue weighted by molar-refractivity contribution is 5.16. The lowest BCUT2D eigenvalue weighted by Gasteiger charge is -2.04. The van der Waals surface area contributed by atoms with E-state index in [9.17, 15) is 0 Å². The molecular formula is C9H17N3. The van der Waals surface area contributed by atoms with Gasteiger partial charge in [-0.05, 0) is 24.9 Å². The summed E-state index contributed by atoms with van der Waals surface area (Å²) in [5.41, 5.74) is 2.55. The van der Waals surface area contributed by atoms with Crippen LogP contribution in [0.15, 0.2) is 6.20 Å². The molecule has 1 aromatic heterocycles. The molecule has 2 N–H and O–H groups in total. The van der Waals surface area contributed by atoms with Crippen molar-refractivity contribution in [3.05, 3.63) is 17.5 Å². The minimum Gasteiger partial charge on any atom is -0.314 e. The van der Waals surface area contributed by atoms with Gasteiger partial charge in [-0.1, -0.05) is 13.8 Å². The van der Waals surface area contributed by atoms with Crippen molar-refractivity contribution < 1.29 is 0 Å². The van der Waals surface area contributed by atoms with Crippen molar-refractivity contribution in [2.75, 3.05) is 7.05 Å². The summed E-state index contributed by atoms with van der Waals surface area (Å²) in [5, 5.41) is 10.1. The van der Waals surface area contributed by atoms with Gasteiger partial charge in [-0.25, -0.2) is 0 Å². The second-order valence-electron chi connectivity index (χ2n) is 3.50. The van der Waals surface area contributed by atoms with Gasteiger partial charge in [-0.15, -0.1) is 0 Å². The van der Waals surface area contributed by atoms with Gasteiger partial charge in [0, 0.05) is 6.54 Å². The molecule has 0 aliphatic carbocycles. The molecule has 3 heteroatoms. The molecule has 1 rings (SSSR count). The molecule has 0 saturated heterocycles. The van der Waals surface area contributed by atoms with Gasteiger partial charge in [0.2, 0.25) is 0 Å². The number of H-pyrrole nitrogens is 1. The predicted molar refractivity (Wildman–Crippen MR) is 49.9 cm³/mol. The summed E-state index contributed by atoms with van der Waals surface area (Å²) < 4.78 is 0. The smallest absolute Gasteiger partial charge is 0.0522 e. The third kappa shape index (κ3) is 2.34. The van der Waals surface area contributed by atoms with E-state index in [2.05, 4.69) is 29.4 Å². The average Bonchev–Trinajstić information content (AvgIpc) is 2.37. The second-order valence-corrected chi connectivity index (χ2v) is 3.50. The van der Waals surface area contributed by atoms with E-state index < -0.39 is 0 Å². The first-order valence-electron chi connectivity index (χ1n) is 4.39. The monoisotopic (exact) mass is 167 g/mol. The lowest BCUT2D eigenvalue weighted by molar-refractivity contribution is 0.638. The second kappa shape index (κ2) is 4.26. The Morgan fingerprint density at radius 2 is 2.33 bits per heavy atom. The number of aromatic nitrogens is 2. The van der Waals surface area contributed by atoms with Crippen molar-refractivity contribution in [3.63, 3.8) is 0 Å². The van der Waals surface area contributed by atoms with Crippen LogP contribution in [-0.4, -0.2) is 17.2 Å². The zero-order valence-corrected chi connectivity index (χ0v) is 8.02. The van der Waals surface area contributed by atoms with E-state index in [4.69, 9.17) is 0 Å². The minimum absolute atomic E-state index is 0.693. The summed E-state index contributed by atoms with van der Waals surface area (Å²) in [6.07, 6.45) is 3.03. The summed E-state index contributed by atoms with van der Waals surface area (Å²) in [5.74, 6) is 0.693.